The van der Waals surface area contributed by atoms with Gasteiger partial charge in [0.05, 0.1) is 12.2 Å². The molecule has 4 aromatic carbocycles. The standard InChI is InChI=1S/C46H56O5/c1-7-19-34-28-42-39(25-30(34)3)44(40-26-31(4)35(20-8-2)29-43(40)51-42)37-22-16-17-23-38(37)46(49)50-24-18-14-12-10-9-11-13-15-21-36-27-41(47)32(5)33(6)45(36)48/h16-17,19,22-23,25-29,47-48H,7-15,18,20-21,24H2,1-6H3/b34-19-. The van der Waals surface area contributed by atoms with E-state index in [1.54, 1.807) is 6.07 Å². The molecule has 0 saturated carbocycles. The van der Waals surface area contributed by atoms with E-state index in [0.29, 0.717) is 17.9 Å². The van der Waals surface area contributed by atoms with Crippen molar-refractivity contribution in [1.82, 2.24) is 0 Å². The van der Waals surface area contributed by atoms with Gasteiger partial charge < -0.3 is 19.7 Å². The van der Waals surface area contributed by atoms with Crippen LogP contribution in [0.5, 0.6) is 23.0 Å². The molecule has 51 heavy (non-hydrogen) atoms. The van der Waals surface area contributed by atoms with E-state index in [0.717, 1.165) is 121 Å². The maximum absolute atomic E-state index is 13.7. The lowest BCUT2D eigenvalue weighted by Crippen LogP contribution is -2.23. The molecule has 1 aliphatic rings. The van der Waals surface area contributed by atoms with Crippen molar-refractivity contribution < 1.29 is 24.5 Å². The summed E-state index contributed by atoms with van der Waals surface area (Å²) >= 11 is 0. The third-order valence-corrected chi connectivity index (χ3v) is 10.4. The van der Waals surface area contributed by atoms with Crippen LogP contribution in [0.2, 0.25) is 0 Å². The smallest absolute Gasteiger partial charge is 0.338 e. The number of unbranched alkanes of at least 4 members (excludes halogenated alkanes) is 7. The normalized spacial score (nSPS) is 12.4. The molecule has 0 fully saturated rings. The van der Waals surface area contributed by atoms with Gasteiger partial charge >= 0.3 is 5.97 Å². The summed E-state index contributed by atoms with van der Waals surface area (Å²) in [6, 6.07) is 18.3. The number of rotatable bonds is 16. The molecular weight excluding hydrogens is 633 g/mol. The van der Waals surface area contributed by atoms with Crippen molar-refractivity contribution in [3.05, 3.63) is 115 Å². The zero-order valence-electron chi connectivity index (χ0n) is 31.6. The first-order valence-corrected chi connectivity index (χ1v) is 19.1. The summed E-state index contributed by atoms with van der Waals surface area (Å²) in [5.41, 5.74) is 9.50. The van der Waals surface area contributed by atoms with E-state index in [4.69, 9.17) is 9.47 Å². The minimum atomic E-state index is -0.289. The number of benzene rings is 4. The first-order valence-electron chi connectivity index (χ1n) is 19.1. The van der Waals surface area contributed by atoms with Crippen molar-refractivity contribution in [2.24, 2.45) is 0 Å². The van der Waals surface area contributed by atoms with Crippen LogP contribution >= 0.6 is 0 Å². The van der Waals surface area contributed by atoms with Gasteiger partial charge in [0.25, 0.3) is 0 Å². The number of fused-ring (bicyclic) bond motifs is 2. The van der Waals surface area contributed by atoms with E-state index in [9.17, 15) is 15.0 Å². The number of esters is 1. The Bertz CT molecular complexity index is 1990. The van der Waals surface area contributed by atoms with Crippen molar-refractivity contribution in [1.29, 1.82) is 0 Å². The Hall–Kier alpha value is -4.51. The minimum Gasteiger partial charge on any atom is -0.508 e. The predicted molar refractivity (Wildman–Crippen MR) is 209 cm³/mol. The van der Waals surface area contributed by atoms with Crippen LogP contribution in [0, 0.1) is 27.7 Å². The average molecular weight is 689 g/mol. The molecule has 5 rings (SSSR count). The third kappa shape index (κ3) is 8.87. The minimum absolute atomic E-state index is 0.260. The molecule has 0 aromatic heterocycles. The second-order valence-electron chi connectivity index (χ2n) is 14.2. The number of phenols is 2. The summed E-state index contributed by atoms with van der Waals surface area (Å²) in [6.45, 7) is 12.7. The van der Waals surface area contributed by atoms with Crippen LogP contribution in [0.15, 0.2) is 54.6 Å². The molecule has 0 saturated heterocycles. The van der Waals surface area contributed by atoms with Crippen molar-refractivity contribution in [2.45, 2.75) is 119 Å². The quantitative estimate of drug-likeness (QED) is 0.0613. The van der Waals surface area contributed by atoms with E-state index >= 15 is 0 Å². The highest BCUT2D eigenvalue weighted by molar-refractivity contribution is 5.99. The Morgan fingerprint density at radius 1 is 0.725 bits per heavy atom. The second kappa shape index (κ2) is 17.6. The SMILES string of the molecule is CC/C=c1/cc2c(cc1C)=C(c1ccccc1C(=O)OCCCCCCCCCCc1cc(O)c(C)c(C)c1O)c1cc(C)c(CCC)cc1O2. The van der Waals surface area contributed by atoms with Gasteiger partial charge in [0.2, 0.25) is 0 Å². The van der Waals surface area contributed by atoms with Gasteiger partial charge in [-0.3, -0.25) is 0 Å². The molecule has 0 radical (unpaired) electrons. The summed E-state index contributed by atoms with van der Waals surface area (Å²) in [7, 11) is 0. The Morgan fingerprint density at radius 2 is 1.43 bits per heavy atom. The number of ether oxygens (including phenoxy) is 2. The summed E-state index contributed by atoms with van der Waals surface area (Å²) in [5.74, 6) is 1.94. The Balaban J connectivity index is 1.20. The van der Waals surface area contributed by atoms with Crippen LogP contribution in [0.4, 0.5) is 0 Å². The molecule has 2 N–H and O–H groups in total. The van der Waals surface area contributed by atoms with Gasteiger partial charge in [0.15, 0.2) is 0 Å². The topological polar surface area (TPSA) is 76.0 Å². The highest BCUT2D eigenvalue weighted by Crippen LogP contribution is 2.39. The van der Waals surface area contributed by atoms with Gasteiger partial charge in [0, 0.05) is 16.4 Å². The second-order valence-corrected chi connectivity index (χ2v) is 14.2. The monoisotopic (exact) mass is 688 g/mol. The van der Waals surface area contributed by atoms with Crippen LogP contribution in [0.3, 0.4) is 0 Å². The number of aryl methyl sites for hydroxylation is 4. The first-order chi connectivity index (χ1) is 24.6. The molecule has 1 heterocycles. The van der Waals surface area contributed by atoms with E-state index in [1.165, 1.54) is 28.3 Å². The highest BCUT2D eigenvalue weighted by Gasteiger charge is 2.25. The fourth-order valence-electron chi connectivity index (χ4n) is 7.27. The molecular formula is C46H56O5. The predicted octanol–water partition coefficient (Wildman–Crippen LogP) is 10.3. The van der Waals surface area contributed by atoms with Gasteiger partial charge in [-0.15, -0.1) is 0 Å². The molecule has 4 aromatic rings. The molecule has 5 heteroatoms. The van der Waals surface area contributed by atoms with E-state index in [1.807, 2.05) is 38.1 Å². The van der Waals surface area contributed by atoms with Crippen LogP contribution in [-0.4, -0.2) is 22.8 Å². The molecule has 0 aliphatic carbocycles. The van der Waals surface area contributed by atoms with Crippen LogP contribution < -0.4 is 15.2 Å². The summed E-state index contributed by atoms with van der Waals surface area (Å²) < 4.78 is 12.5. The van der Waals surface area contributed by atoms with Gasteiger partial charge in [-0.05, 0) is 140 Å². The van der Waals surface area contributed by atoms with E-state index in [-0.39, 0.29) is 11.7 Å². The molecule has 5 nitrogen and oxygen atoms in total. The molecule has 0 amide bonds. The van der Waals surface area contributed by atoms with Gasteiger partial charge in [-0.1, -0.05) is 83.1 Å². The van der Waals surface area contributed by atoms with Crippen LogP contribution in [0.25, 0.3) is 11.6 Å². The number of carbonyl (C=O) groups excluding carboxylic acids is 1. The van der Waals surface area contributed by atoms with Crippen molar-refractivity contribution >= 4 is 17.6 Å². The van der Waals surface area contributed by atoms with E-state index < -0.39 is 0 Å². The first kappa shape index (κ1) is 37.7. The number of hydrogen-bond acceptors (Lipinski definition) is 5. The van der Waals surface area contributed by atoms with Crippen LogP contribution in [0.1, 0.15) is 133 Å². The molecule has 0 atom stereocenters. The zero-order valence-corrected chi connectivity index (χ0v) is 31.6. The Morgan fingerprint density at radius 3 is 2.16 bits per heavy atom. The van der Waals surface area contributed by atoms with Gasteiger partial charge in [-0.2, -0.15) is 0 Å². The Labute approximate surface area is 304 Å². The number of aromatic hydroxyl groups is 2. The third-order valence-electron chi connectivity index (χ3n) is 10.4. The Kier molecular flexibility index (Phi) is 13.0. The number of carbonyl (C=O) groups is 1. The number of hydrogen-bond donors (Lipinski definition) is 2. The van der Waals surface area contributed by atoms with Crippen molar-refractivity contribution in [3.8, 4) is 23.0 Å². The summed E-state index contributed by atoms with van der Waals surface area (Å²) in [6.07, 6.45) is 14.5. The lowest BCUT2D eigenvalue weighted by atomic mass is 9.87. The average Bonchev–Trinajstić information content (AvgIpc) is 3.12. The van der Waals surface area contributed by atoms with E-state index in [2.05, 4.69) is 58.0 Å². The van der Waals surface area contributed by atoms with Crippen molar-refractivity contribution in [3.63, 3.8) is 0 Å². The largest absolute Gasteiger partial charge is 0.508 e. The molecule has 0 unspecified atom stereocenters. The summed E-state index contributed by atoms with van der Waals surface area (Å²) in [5, 5.41) is 22.7. The maximum Gasteiger partial charge on any atom is 0.338 e. The lowest BCUT2D eigenvalue weighted by Gasteiger charge is -2.24. The highest BCUT2D eigenvalue weighted by atomic mass is 16.5. The van der Waals surface area contributed by atoms with Gasteiger partial charge in [-0.25, -0.2) is 4.79 Å². The lowest BCUT2D eigenvalue weighted by molar-refractivity contribution is 0.0497. The summed E-state index contributed by atoms with van der Waals surface area (Å²) in [4.78, 5) is 13.7. The number of phenolic OH excluding ortho intramolecular Hbond substituents is 2. The van der Waals surface area contributed by atoms with Crippen LogP contribution in [-0.2, 0) is 17.6 Å². The fraction of sp³-hybridized carbons (Fsp3) is 0.413. The van der Waals surface area contributed by atoms with Gasteiger partial charge in [0.1, 0.15) is 23.0 Å². The fourth-order valence-corrected chi connectivity index (χ4v) is 7.27. The molecule has 0 spiro atoms. The molecule has 1 aliphatic heterocycles. The molecule has 0 bridgehead atoms. The maximum atomic E-state index is 13.7. The van der Waals surface area contributed by atoms with Crippen molar-refractivity contribution in [2.75, 3.05) is 6.61 Å². The zero-order chi connectivity index (χ0) is 36.5. The molecule has 270 valence electrons.